The number of benzene rings is 1. The number of halogens is 1. The van der Waals surface area contributed by atoms with Crippen LogP contribution < -0.4 is 5.73 Å². The van der Waals surface area contributed by atoms with Gasteiger partial charge in [0, 0.05) is 5.02 Å². The molecular weight excluding hydrogens is 238 g/mol. The maximum Gasteiger partial charge on any atom is 0.168 e. The van der Waals surface area contributed by atoms with Crippen LogP contribution in [0.25, 0.3) is 16.7 Å². The van der Waals surface area contributed by atoms with Crippen LogP contribution in [0.4, 0.5) is 5.82 Å². The lowest BCUT2D eigenvalue weighted by Crippen LogP contribution is -1.98. The molecule has 5 nitrogen and oxygen atoms in total. The highest BCUT2D eigenvalue weighted by atomic mass is 35.5. The Bertz CT molecular complexity index is 674. The lowest BCUT2D eigenvalue weighted by molar-refractivity contribution is 0.895. The van der Waals surface area contributed by atoms with Crippen molar-refractivity contribution in [3.8, 4) is 5.69 Å². The van der Waals surface area contributed by atoms with E-state index in [9.17, 15) is 0 Å². The van der Waals surface area contributed by atoms with Crippen LogP contribution in [-0.4, -0.2) is 19.7 Å². The summed E-state index contributed by atoms with van der Waals surface area (Å²) in [6, 6.07) is 7.34. The standard InChI is InChI=1S/C11H8ClN5/c12-7-1-3-8(4-2-7)17-11-9(5-16-17)10(13)14-6-15-11/h1-6H,(H2,13,14,15). The van der Waals surface area contributed by atoms with Gasteiger partial charge < -0.3 is 5.73 Å². The summed E-state index contributed by atoms with van der Waals surface area (Å²) < 4.78 is 1.70. The van der Waals surface area contributed by atoms with Crippen molar-refractivity contribution in [2.45, 2.75) is 0 Å². The number of aromatic nitrogens is 4. The number of nitrogens with two attached hydrogens (primary N) is 1. The molecule has 0 fully saturated rings. The van der Waals surface area contributed by atoms with Crippen molar-refractivity contribution >= 4 is 28.5 Å². The Morgan fingerprint density at radius 3 is 2.65 bits per heavy atom. The molecular formula is C11H8ClN5. The van der Waals surface area contributed by atoms with Crippen molar-refractivity contribution in [2.24, 2.45) is 0 Å². The number of fused-ring (bicyclic) bond motifs is 1. The van der Waals surface area contributed by atoms with Gasteiger partial charge in [0.05, 0.1) is 17.3 Å². The zero-order chi connectivity index (χ0) is 11.8. The van der Waals surface area contributed by atoms with Crippen LogP contribution in [0.3, 0.4) is 0 Å². The van der Waals surface area contributed by atoms with Crippen molar-refractivity contribution in [3.63, 3.8) is 0 Å². The average molecular weight is 246 g/mol. The largest absolute Gasteiger partial charge is 0.383 e. The smallest absolute Gasteiger partial charge is 0.168 e. The van der Waals surface area contributed by atoms with E-state index in [1.165, 1.54) is 6.33 Å². The molecule has 1 aromatic carbocycles. The summed E-state index contributed by atoms with van der Waals surface area (Å²) in [4.78, 5) is 8.10. The second kappa shape index (κ2) is 3.71. The van der Waals surface area contributed by atoms with Crippen molar-refractivity contribution in [2.75, 3.05) is 5.73 Å². The molecule has 0 bridgehead atoms. The number of nitrogen functional groups attached to an aromatic ring is 1. The normalized spacial score (nSPS) is 10.9. The summed E-state index contributed by atoms with van der Waals surface area (Å²) in [7, 11) is 0. The van der Waals surface area contributed by atoms with E-state index in [0.717, 1.165) is 11.1 Å². The summed E-state index contributed by atoms with van der Waals surface area (Å²) in [5.74, 6) is 0.426. The molecule has 6 heteroatoms. The molecule has 3 rings (SSSR count). The molecule has 17 heavy (non-hydrogen) atoms. The molecule has 0 spiro atoms. The fourth-order valence-corrected chi connectivity index (χ4v) is 1.76. The number of hydrogen-bond donors (Lipinski definition) is 1. The molecule has 0 unspecified atom stereocenters. The van der Waals surface area contributed by atoms with Gasteiger partial charge in [-0.15, -0.1) is 0 Å². The second-order valence-electron chi connectivity index (χ2n) is 3.53. The van der Waals surface area contributed by atoms with Crippen LogP contribution in [-0.2, 0) is 0 Å². The van der Waals surface area contributed by atoms with Crippen LogP contribution in [0.2, 0.25) is 5.02 Å². The number of anilines is 1. The van der Waals surface area contributed by atoms with E-state index in [4.69, 9.17) is 17.3 Å². The predicted molar refractivity (Wildman–Crippen MR) is 66.1 cm³/mol. The van der Waals surface area contributed by atoms with E-state index in [1.54, 1.807) is 23.0 Å². The van der Waals surface area contributed by atoms with Gasteiger partial charge >= 0.3 is 0 Å². The van der Waals surface area contributed by atoms with Crippen molar-refractivity contribution in [1.29, 1.82) is 0 Å². The van der Waals surface area contributed by atoms with E-state index >= 15 is 0 Å². The summed E-state index contributed by atoms with van der Waals surface area (Å²) in [6.07, 6.45) is 3.07. The third-order valence-electron chi connectivity index (χ3n) is 2.47. The third-order valence-corrected chi connectivity index (χ3v) is 2.72. The van der Waals surface area contributed by atoms with Gasteiger partial charge in [-0.2, -0.15) is 5.10 Å². The van der Waals surface area contributed by atoms with Crippen LogP contribution in [0.1, 0.15) is 0 Å². The zero-order valence-corrected chi connectivity index (χ0v) is 9.46. The van der Waals surface area contributed by atoms with Crippen LogP contribution in [0.5, 0.6) is 0 Å². The maximum absolute atomic E-state index is 5.84. The minimum absolute atomic E-state index is 0.426. The summed E-state index contributed by atoms with van der Waals surface area (Å²) in [5, 5.41) is 5.67. The SMILES string of the molecule is Nc1ncnc2c1cnn2-c1ccc(Cl)cc1. The highest BCUT2D eigenvalue weighted by Gasteiger charge is 2.08. The highest BCUT2D eigenvalue weighted by molar-refractivity contribution is 6.30. The Kier molecular flexibility index (Phi) is 2.19. The van der Waals surface area contributed by atoms with Gasteiger partial charge in [-0.3, -0.25) is 0 Å². The topological polar surface area (TPSA) is 69.6 Å². The molecule has 0 saturated carbocycles. The molecule has 3 aromatic rings. The molecule has 0 aliphatic rings. The van der Waals surface area contributed by atoms with E-state index in [0.29, 0.717) is 16.5 Å². The van der Waals surface area contributed by atoms with Gasteiger partial charge in [-0.05, 0) is 24.3 Å². The maximum atomic E-state index is 5.84. The number of rotatable bonds is 1. The van der Waals surface area contributed by atoms with Gasteiger partial charge in [0.2, 0.25) is 0 Å². The molecule has 2 N–H and O–H groups in total. The first kappa shape index (κ1) is 10.0. The average Bonchev–Trinajstić information content (AvgIpc) is 2.75. The molecule has 0 amide bonds. The van der Waals surface area contributed by atoms with E-state index < -0.39 is 0 Å². The van der Waals surface area contributed by atoms with Crippen LogP contribution >= 0.6 is 11.6 Å². The van der Waals surface area contributed by atoms with Gasteiger partial charge in [0.25, 0.3) is 0 Å². The van der Waals surface area contributed by atoms with Gasteiger partial charge in [0.15, 0.2) is 5.65 Å². The Morgan fingerprint density at radius 2 is 1.88 bits per heavy atom. The van der Waals surface area contributed by atoms with Crippen molar-refractivity contribution < 1.29 is 0 Å². The fourth-order valence-electron chi connectivity index (χ4n) is 1.63. The van der Waals surface area contributed by atoms with E-state index in [2.05, 4.69) is 15.1 Å². The minimum atomic E-state index is 0.426. The first-order valence-corrected chi connectivity index (χ1v) is 5.33. The molecule has 0 radical (unpaired) electrons. The Morgan fingerprint density at radius 1 is 1.12 bits per heavy atom. The first-order chi connectivity index (χ1) is 8.25. The molecule has 2 heterocycles. The van der Waals surface area contributed by atoms with Gasteiger partial charge in [0.1, 0.15) is 12.1 Å². The molecule has 2 aromatic heterocycles. The van der Waals surface area contributed by atoms with Crippen LogP contribution in [0.15, 0.2) is 36.8 Å². The van der Waals surface area contributed by atoms with Gasteiger partial charge in [-0.1, -0.05) is 11.6 Å². The summed E-state index contributed by atoms with van der Waals surface area (Å²) in [6.45, 7) is 0. The van der Waals surface area contributed by atoms with Crippen molar-refractivity contribution in [1.82, 2.24) is 19.7 Å². The Hall–Kier alpha value is -2.14. The lowest BCUT2D eigenvalue weighted by Gasteiger charge is -2.02. The summed E-state index contributed by atoms with van der Waals surface area (Å²) >= 11 is 5.84. The monoisotopic (exact) mass is 245 g/mol. The van der Waals surface area contributed by atoms with E-state index in [-0.39, 0.29) is 0 Å². The lowest BCUT2D eigenvalue weighted by atomic mass is 10.3. The highest BCUT2D eigenvalue weighted by Crippen LogP contribution is 2.20. The Balaban J connectivity index is 2.24. The molecule has 0 aliphatic heterocycles. The Labute approximate surface area is 102 Å². The third kappa shape index (κ3) is 1.60. The van der Waals surface area contributed by atoms with Gasteiger partial charge in [-0.25, -0.2) is 14.6 Å². The second-order valence-corrected chi connectivity index (χ2v) is 3.97. The predicted octanol–water partition coefficient (Wildman–Crippen LogP) is 2.05. The molecule has 84 valence electrons. The molecule has 0 saturated heterocycles. The minimum Gasteiger partial charge on any atom is -0.383 e. The first-order valence-electron chi connectivity index (χ1n) is 4.96. The number of hydrogen-bond acceptors (Lipinski definition) is 4. The zero-order valence-electron chi connectivity index (χ0n) is 8.71. The summed E-state index contributed by atoms with van der Waals surface area (Å²) in [5.41, 5.74) is 7.30. The fraction of sp³-hybridized carbons (Fsp3) is 0. The van der Waals surface area contributed by atoms with E-state index in [1.807, 2.05) is 12.1 Å². The molecule has 0 aliphatic carbocycles. The molecule has 0 atom stereocenters. The quantitative estimate of drug-likeness (QED) is 0.712. The number of nitrogens with zero attached hydrogens (tertiary/aromatic N) is 4. The van der Waals surface area contributed by atoms with Crippen LogP contribution in [0, 0.1) is 0 Å². The van der Waals surface area contributed by atoms with Crippen molar-refractivity contribution in [3.05, 3.63) is 41.8 Å².